The summed E-state index contributed by atoms with van der Waals surface area (Å²) in [6.07, 6.45) is -0.717. The monoisotopic (exact) mass is 504 g/mol. The average Bonchev–Trinajstić information content (AvgIpc) is 2.83. The van der Waals surface area contributed by atoms with E-state index in [-0.39, 0.29) is 5.04 Å². The molecule has 190 valence electrons. The van der Waals surface area contributed by atoms with Gasteiger partial charge in [-0.25, -0.2) is 10.2 Å². The number of hydrogen-bond acceptors (Lipinski definition) is 4. The van der Waals surface area contributed by atoms with Gasteiger partial charge in [-0.15, -0.1) is 0 Å². The van der Waals surface area contributed by atoms with Crippen molar-refractivity contribution in [1.29, 1.82) is 0 Å². The van der Waals surface area contributed by atoms with Crippen LogP contribution >= 0.6 is 0 Å². The minimum Gasteiger partial charge on any atom is -0.443 e. The highest BCUT2D eigenvalue weighted by atomic mass is 28.4. The molecule has 2 N–H and O–H groups in total. The Morgan fingerprint density at radius 2 is 1.22 bits per heavy atom. The van der Waals surface area contributed by atoms with Gasteiger partial charge in [0, 0.05) is 5.56 Å². The van der Waals surface area contributed by atoms with E-state index in [0.717, 1.165) is 5.56 Å². The molecule has 0 aliphatic heterocycles. The van der Waals surface area contributed by atoms with E-state index in [1.807, 2.05) is 24.3 Å². The normalized spacial score (nSPS) is 12.1. The molecule has 6 nitrogen and oxygen atoms in total. The standard InChI is InChI=1S/C29H36N2O4Si/c1-28(2,3)35-27(33)31-30-26(32)23-19-17-22(18-20-23)21-34-36(29(4,5)6,24-13-9-7-10-14-24)25-15-11-8-12-16-25/h7-20H,21H2,1-6H3,(H,30,32)(H,31,33). The molecule has 3 aromatic rings. The van der Waals surface area contributed by atoms with Gasteiger partial charge in [-0.3, -0.25) is 10.2 Å². The van der Waals surface area contributed by atoms with Crippen molar-refractivity contribution < 1.29 is 18.8 Å². The lowest BCUT2D eigenvalue weighted by Gasteiger charge is -2.43. The molecule has 7 heteroatoms. The zero-order valence-electron chi connectivity index (χ0n) is 21.9. The predicted molar refractivity (Wildman–Crippen MR) is 146 cm³/mol. The minimum atomic E-state index is -2.65. The molecule has 0 radical (unpaired) electrons. The summed E-state index contributed by atoms with van der Waals surface area (Å²) in [5.74, 6) is -0.430. The quantitative estimate of drug-likeness (QED) is 0.369. The van der Waals surface area contributed by atoms with Gasteiger partial charge in [-0.1, -0.05) is 93.6 Å². The van der Waals surface area contributed by atoms with Crippen LogP contribution in [0.5, 0.6) is 0 Å². The molecular formula is C29H36N2O4Si. The Morgan fingerprint density at radius 3 is 1.67 bits per heavy atom. The molecule has 2 amide bonds. The predicted octanol–water partition coefficient (Wildman–Crippen LogP) is 4.93. The van der Waals surface area contributed by atoms with Crippen LogP contribution in [0, 0.1) is 0 Å². The van der Waals surface area contributed by atoms with E-state index in [4.69, 9.17) is 9.16 Å². The number of amides is 2. The van der Waals surface area contributed by atoms with Crippen molar-refractivity contribution in [1.82, 2.24) is 10.9 Å². The van der Waals surface area contributed by atoms with Gasteiger partial charge >= 0.3 is 6.09 Å². The molecule has 0 saturated carbocycles. The molecule has 0 aliphatic carbocycles. The van der Waals surface area contributed by atoms with Crippen LogP contribution in [0.15, 0.2) is 84.9 Å². The first-order chi connectivity index (χ1) is 16.9. The lowest BCUT2D eigenvalue weighted by atomic mass is 10.1. The van der Waals surface area contributed by atoms with Crippen molar-refractivity contribution in [2.24, 2.45) is 0 Å². The molecule has 0 bridgehead atoms. The van der Waals surface area contributed by atoms with E-state index < -0.39 is 25.9 Å². The fraction of sp³-hybridized carbons (Fsp3) is 0.310. The van der Waals surface area contributed by atoms with Gasteiger partial charge in [0.1, 0.15) is 5.60 Å². The summed E-state index contributed by atoms with van der Waals surface area (Å²) in [5.41, 5.74) is 5.37. The van der Waals surface area contributed by atoms with Gasteiger partial charge in [-0.05, 0) is 53.9 Å². The van der Waals surface area contributed by atoms with E-state index in [9.17, 15) is 9.59 Å². The molecule has 0 atom stereocenters. The van der Waals surface area contributed by atoms with Gasteiger partial charge in [-0.2, -0.15) is 0 Å². The number of benzene rings is 3. The minimum absolute atomic E-state index is 0.122. The smallest absolute Gasteiger partial charge is 0.426 e. The maximum Gasteiger partial charge on any atom is 0.426 e. The molecule has 0 unspecified atom stereocenters. The molecule has 36 heavy (non-hydrogen) atoms. The van der Waals surface area contributed by atoms with Gasteiger partial charge in [0.05, 0.1) is 6.61 Å². The lowest BCUT2D eigenvalue weighted by molar-refractivity contribution is 0.0483. The summed E-state index contributed by atoms with van der Waals surface area (Å²) in [4.78, 5) is 24.2. The third kappa shape index (κ3) is 6.62. The molecule has 0 saturated heterocycles. The zero-order chi connectivity index (χ0) is 26.4. The molecule has 0 fully saturated rings. The van der Waals surface area contributed by atoms with E-state index >= 15 is 0 Å². The van der Waals surface area contributed by atoms with Crippen LogP contribution in [0.4, 0.5) is 4.79 Å². The first kappa shape index (κ1) is 27.2. The average molecular weight is 505 g/mol. The van der Waals surface area contributed by atoms with Crippen molar-refractivity contribution in [3.8, 4) is 0 Å². The zero-order valence-corrected chi connectivity index (χ0v) is 22.9. The summed E-state index contributed by atoms with van der Waals surface area (Å²) in [6.45, 7) is 12.4. The van der Waals surface area contributed by atoms with Crippen LogP contribution in [-0.2, 0) is 15.8 Å². The van der Waals surface area contributed by atoms with Crippen LogP contribution in [0.1, 0.15) is 57.5 Å². The summed E-state index contributed by atoms with van der Waals surface area (Å²) in [5, 5.41) is 2.31. The second-order valence-electron chi connectivity index (χ2n) is 10.7. The summed E-state index contributed by atoms with van der Waals surface area (Å²) < 4.78 is 12.1. The van der Waals surface area contributed by atoms with E-state index in [1.54, 1.807) is 32.9 Å². The highest BCUT2D eigenvalue weighted by molar-refractivity contribution is 6.99. The number of nitrogens with one attached hydrogen (secondary N) is 2. The Balaban J connectivity index is 1.78. The number of carbonyl (C=O) groups excluding carboxylic acids is 2. The number of hydrogen-bond donors (Lipinski definition) is 2. The Kier molecular flexibility index (Phi) is 8.38. The first-order valence-electron chi connectivity index (χ1n) is 12.1. The van der Waals surface area contributed by atoms with E-state index in [1.165, 1.54) is 10.4 Å². The van der Waals surface area contributed by atoms with Crippen LogP contribution in [-0.4, -0.2) is 25.9 Å². The van der Waals surface area contributed by atoms with Gasteiger partial charge in [0.2, 0.25) is 0 Å². The van der Waals surface area contributed by atoms with Crippen LogP contribution in [0.25, 0.3) is 0 Å². The number of hydrazine groups is 1. The second-order valence-corrected chi connectivity index (χ2v) is 15.0. The molecule has 0 heterocycles. The number of rotatable bonds is 6. The van der Waals surface area contributed by atoms with Crippen molar-refractivity contribution in [2.75, 3.05) is 0 Å². The summed E-state index contributed by atoms with van der Waals surface area (Å²) >= 11 is 0. The van der Waals surface area contributed by atoms with E-state index in [0.29, 0.717) is 12.2 Å². The maximum atomic E-state index is 12.4. The second kappa shape index (κ2) is 11.1. The fourth-order valence-electron chi connectivity index (χ4n) is 4.19. The highest BCUT2D eigenvalue weighted by Crippen LogP contribution is 2.37. The van der Waals surface area contributed by atoms with Gasteiger partial charge in [0.25, 0.3) is 14.2 Å². The summed E-state index contributed by atoms with van der Waals surface area (Å²) in [7, 11) is -2.65. The van der Waals surface area contributed by atoms with Crippen molar-refractivity contribution in [3.63, 3.8) is 0 Å². The maximum absolute atomic E-state index is 12.4. The third-order valence-electron chi connectivity index (χ3n) is 5.77. The number of ether oxygens (including phenoxy) is 1. The van der Waals surface area contributed by atoms with Gasteiger partial charge in [0.15, 0.2) is 0 Å². The molecule has 0 aromatic heterocycles. The van der Waals surface area contributed by atoms with Crippen LogP contribution in [0.3, 0.4) is 0 Å². The lowest BCUT2D eigenvalue weighted by Crippen LogP contribution is -2.66. The summed E-state index contributed by atoms with van der Waals surface area (Å²) in [6, 6.07) is 28.1. The Morgan fingerprint density at radius 1 is 0.722 bits per heavy atom. The van der Waals surface area contributed by atoms with Crippen molar-refractivity contribution >= 4 is 30.7 Å². The Labute approximate surface area is 215 Å². The third-order valence-corrected chi connectivity index (χ3v) is 10.7. The van der Waals surface area contributed by atoms with Crippen molar-refractivity contribution in [2.45, 2.75) is 58.8 Å². The van der Waals surface area contributed by atoms with Crippen LogP contribution in [0.2, 0.25) is 5.04 Å². The van der Waals surface area contributed by atoms with E-state index in [2.05, 4.69) is 80.2 Å². The molecule has 3 aromatic carbocycles. The SMILES string of the molecule is CC(C)(C)OC(=O)NNC(=O)c1ccc(CO[Si](c2ccccc2)(c2ccccc2)C(C)(C)C)cc1. The largest absolute Gasteiger partial charge is 0.443 e. The molecule has 3 rings (SSSR count). The number of carbonyl (C=O) groups is 2. The highest BCUT2D eigenvalue weighted by Gasteiger charge is 2.50. The first-order valence-corrected chi connectivity index (χ1v) is 14.0. The van der Waals surface area contributed by atoms with Crippen molar-refractivity contribution in [3.05, 3.63) is 96.1 Å². The topological polar surface area (TPSA) is 76.7 Å². The van der Waals surface area contributed by atoms with Gasteiger partial charge < -0.3 is 9.16 Å². The Hall–Kier alpha value is -3.42. The Bertz CT molecular complexity index is 1110. The molecule has 0 aliphatic rings. The fourth-order valence-corrected chi connectivity index (χ4v) is 8.73. The molecular weight excluding hydrogens is 468 g/mol. The molecule has 0 spiro atoms. The van der Waals surface area contributed by atoms with Crippen LogP contribution < -0.4 is 21.2 Å².